The molecule has 0 saturated heterocycles. The fourth-order valence-corrected chi connectivity index (χ4v) is 2.41. The van der Waals surface area contributed by atoms with Crippen molar-refractivity contribution >= 4 is 11.6 Å². The van der Waals surface area contributed by atoms with E-state index >= 15 is 0 Å². The molecule has 0 amide bonds. The third-order valence-electron chi connectivity index (χ3n) is 3.30. The molecule has 0 aliphatic rings. The van der Waals surface area contributed by atoms with Crippen molar-refractivity contribution in [1.82, 2.24) is 0 Å². The van der Waals surface area contributed by atoms with Crippen LogP contribution >= 0.6 is 11.6 Å². The van der Waals surface area contributed by atoms with Crippen molar-refractivity contribution in [2.45, 2.75) is 18.2 Å². The molecule has 1 unspecified atom stereocenters. The van der Waals surface area contributed by atoms with Crippen LogP contribution in [0.5, 0.6) is 11.5 Å². The first kappa shape index (κ1) is 14.7. The SMILES string of the molecule is COc1ccc(CCC(Cl)c2ccccc2)cc1OC. The summed E-state index contributed by atoms with van der Waals surface area (Å²) in [5.41, 5.74) is 2.36. The molecule has 0 radical (unpaired) electrons. The minimum absolute atomic E-state index is 0.0318. The number of halogens is 1. The maximum atomic E-state index is 6.43. The number of aryl methyl sites for hydroxylation is 1. The van der Waals surface area contributed by atoms with Crippen LogP contribution in [-0.4, -0.2) is 14.2 Å². The number of rotatable bonds is 6. The Bertz CT molecular complexity index is 540. The number of hydrogen-bond donors (Lipinski definition) is 0. The van der Waals surface area contributed by atoms with Gasteiger partial charge >= 0.3 is 0 Å². The van der Waals surface area contributed by atoms with Crippen LogP contribution < -0.4 is 9.47 Å². The molecule has 1 atom stereocenters. The molecule has 0 fully saturated rings. The summed E-state index contributed by atoms with van der Waals surface area (Å²) in [6.07, 6.45) is 1.80. The molecule has 2 aromatic rings. The molecule has 0 aliphatic heterocycles. The van der Waals surface area contributed by atoms with E-state index in [1.807, 2.05) is 30.3 Å². The average Bonchev–Trinajstić information content (AvgIpc) is 2.53. The first-order chi connectivity index (χ1) is 9.74. The minimum atomic E-state index is 0.0318. The van der Waals surface area contributed by atoms with Crippen LogP contribution in [0.1, 0.15) is 22.9 Å². The van der Waals surface area contributed by atoms with Crippen molar-refractivity contribution in [3.05, 3.63) is 59.7 Å². The Morgan fingerprint density at radius 3 is 2.30 bits per heavy atom. The summed E-state index contributed by atoms with van der Waals surface area (Å²) in [5, 5.41) is 0.0318. The van der Waals surface area contributed by atoms with Gasteiger partial charge in [-0.25, -0.2) is 0 Å². The van der Waals surface area contributed by atoms with Crippen LogP contribution in [0.3, 0.4) is 0 Å². The van der Waals surface area contributed by atoms with E-state index in [1.165, 1.54) is 5.56 Å². The Morgan fingerprint density at radius 2 is 1.65 bits per heavy atom. The second-order valence-corrected chi connectivity index (χ2v) is 5.13. The van der Waals surface area contributed by atoms with Gasteiger partial charge in [-0.05, 0) is 36.1 Å². The molecule has 0 aliphatic carbocycles. The predicted molar refractivity (Wildman–Crippen MR) is 82.9 cm³/mol. The first-order valence-corrected chi connectivity index (χ1v) is 7.08. The van der Waals surface area contributed by atoms with Crippen molar-refractivity contribution < 1.29 is 9.47 Å². The monoisotopic (exact) mass is 290 g/mol. The lowest BCUT2D eigenvalue weighted by atomic mass is 10.0. The van der Waals surface area contributed by atoms with Gasteiger partial charge in [0.15, 0.2) is 11.5 Å². The molecule has 0 saturated carbocycles. The van der Waals surface area contributed by atoms with Crippen LogP contribution in [0.4, 0.5) is 0 Å². The summed E-state index contributed by atoms with van der Waals surface area (Å²) in [6.45, 7) is 0. The molecular weight excluding hydrogens is 272 g/mol. The molecule has 106 valence electrons. The molecule has 0 N–H and O–H groups in total. The van der Waals surface area contributed by atoms with Gasteiger partial charge in [-0.1, -0.05) is 36.4 Å². The molecule has 20 heavy (non-hydrogen) atoms. The van der Waals surface area contributed by atoms with E-state index in [0.29, 0.717) is 0 Å². The number of ether oxygens (including phenoxy) is 2. The zero-order valence-electron chi connectivity index (χ0n) is 11.8. The van der Waals surface area contributed by atoms with E-state index in [4.69, 9.17) is 21.1 Å². The van der Waals surface area contributed by atoms with Gasteiger partial charge in [0.05, 0.1) is 19.6 Å². The molecule has 2 rings (SSSR count). The maximum Gasteiger partial charge on any atom is 0.160 e. The number of methoxy groups -OCH3 is 2. The summed E-state index contributed by atoms with van der Waals surface area (Å²) in [4.78, 5) is 0. The zero-order valence-corrected chi connectivity index (χ0v) is 12.6. The number of alkyl halides is 1. The lowest BCUT2D eigenvalue weighted by molar-refractivity contribution is 0.354. The fourth-order valence-electron chi connectivity index (χ4n) is 2.16. The van der Waals surface area contributed by atoms with Gasteiger partial charge in [0.25, 0.3) is 0 Å². The highest BCUT2D eigenvalue weighted by Crippen LogP contribution is 2.30. The summed E-state index contributed by atoms with van der Waals surface area (Å²) < 4.78 is 10.5. The Morgan fingerprint density at radius 1 is 0.950 bits per heavy atom. The van der Waals surface area contributed by atoms with Crippen molar-refractivity contribution in [1.29, 1.82) is 0 Å². The van der Waals surface area contributed by atoms with Crippen LogP contribution in [0.2, 0.25) is 0 Å². The van der Waals surface area contributed by atoms with Crippen LogP contribution in [0, 0.1) is 0 Å². The van der Waals surface area contributed by atoms with Crippen molar-refractivity contribution in [3.63, 3.8) is 0 Å². The summed E-state index contributed by atoms with van der Waals surface area (Å²) in [5.74, 6) is 1.51. The van der Waals surface area contributed by atoms with Crippen molar-refractivity contribution in [3.8, 4) is 11.5 Å². The van der Waals surface area contributed by atoms with E-state index in [0.717, 1.165) is 29.9 Å². The normalized spacial score (nSPS) is 11.9. The van der Waals surface area contributed by atoms with Gasteiger partial charge in [-0.2, -0.15) is 0 Å². The van der Waals surface area contributed by atoms with Gasteiger partial charge in [-0.15, -0.1) is 11.6 Å². The Labute approximate surface area is 125 Å². The zero-order chi connectivity index (χ0) is 14.4. The number of hydrogen-bond acceptors (Lipinski definition) is 2. The van der Waals surface area contributed by atoms with E-state index in [9.17, 15) is 0 Å². The fraction of sp³-hybridized carbons (Fsp3) is 0.294. The largest absolute Gasteiger partial charge is 0.493 e. The molecule has 3 heteroatoms. The van der Waals surface area contributed by atoms with Gasteiger partial charge < -0.3 is 9.47 Å². The van der Waals surface area contributed by atoms with Crippen LogP contribution in [0.15, 0.2) is 48.5 Å². The minimum Gasteiger partial charge on any atom is -0.493 e. The Kier molecular flexibility index (Phi) is 5.31. The van der Waals surface area contributed by atoms with Crippen LogP contribution in [-0.2, 0) is 6.42 Å². The second-order valence-electron chi connectivity index (χ2n) is 4.61. The summed E-state index contributed by atoms with van der Waals surface area (Å²) >= 11 is 6.43. The van der Waals surface area contributed by atoms with Crippen LogP contribution in [0.25, 0.3) is 0 Å². The van der Waals surface area contributed by atoms with E-state index in [-0.39, 0.29) is 5.38 Å². The lowest BCUT2D eigenvalue weighted by Crippen LogP contribution is -1.96. The lowest BCUT2D eigenvalue weighted by Gasteiger charge is -2.12. The standard InChI is InChI=1S/C17H19ClO2/c1-19-16-11-9-13(12-17(16)20-2)8-10-15(18)14-6-4-3-5-7-14/h3-7,9,11-12,15H,8,10H2,1-2H3. The van der Waals surface area contributed by atoms with Gasteiger partial charge in [0.2, 0.25) is 0 Å². The molecule has 0 bridgehead atoms. The Balaban J connectivity index is 2.00. The van der Waals surface area contributed by atoms with Crippen molar-refractivity contribution in [2.24, 2.45) is 0 Å². The number of benzene rings is 2. The van der Waals surface area contributed by atoms with E-state index in [1.54, 1.807) is 14.2 Å². The van der Waals surface area contributed by atoms with Gasteiger partial charge in [0, 0.05) is 0 Å². The van der Waals surface area contributed by atoms with Gasteiger partial charge in [0.1, 0.15) is 0 Å². The average molecular weight is 291 g/mol. The topological polar surface area (TPSA) is 18.5 Å². The third kappa shape index (κ3) is 3.67. The smallest absolute Gasteiger partial charge is 0.160 e. The quantitative estimate of drug-likeness (QED) is 0.723. The van der Waals surface area contributed by atoms with Crippen molar-refractivity contribution in [2.75, 3.05) is 14.2 Å². The first-order valence-electron chi connectivity index (χ1n) is 6.64. The molecular formula is C17H19ClO2. The Hall–Kier alpha value is -1.67. The van der Waals surface area contributed by atoms with E-state index < -0.39 is 0 Å². The van der Waals surface area contributed by atoms with Gasteiger partial charge in [-0.3, -0.25) is 0 Å². The summed E-state index contributed by atoms with van der Waals surface area (Å²) in [6, 6.07) is 16.1. The van der Waals surface area contributed by atoms with E-state index in [2.05, 4.69) is 18.2 Å². The highest BCUT2D eigenvalue weighted by molar-refractivity contribution is 6.20. The highest BCUT2D eigenvalue weighted by atomic mass is 35.5. The maximum absolute atomic E-state index is 6.43. The molecule has 0 heterocycles. The molecule has 2 aromatic carbocycles. The second kappa shape index (κ2) is 7.20. The molecule has 2 nitrogen and oxygen atoms in total. The molecule has 0 spiro atoms. The summed E-state index contributed by atoms with van der Waals surface area (Å²) in [7, 11) is 3.29. The predicted octanol–water partition coefficient (Wildman–Crippen LogP) is 4.62. The highest BCUT2D eigenvalue weighted by Gasteiger charge is 2.09. The third-order valence-corrected chi connectivity index (χ3v) is 3.77. The molecule has 0 aromatic heterocycles.